The third kappa shape index (κ3) is 2.43. The summed E-state index contributed by atoms with van der Waals surface area (Å²) < 4.78 is 18.1. The molecule has 0 saturated heterocycles. The minimum Gasteiger partial charge on any atom is -0.497 e. The van der Waals surface area contributed by atoms with Crippen LogP contribution < -0.4 is 10.5 Å². The molecule has 0 aliphatic rings. The highest BCUT2D eigenvalue weighted by molar-refractivity contribution is 5.45. The van der Waals surface area contributed by atoms with Crippen LogP contribution in [0.4, 0.5) is 10.1 Å². The Hall–Kier alpha value is -2.07. The Bertz CT molecular complexity index is 540. The highest BCUT2D eigenvalue weighted by Crippen LogP contribution is 2.26. The molecule has 0 aliphatic carbocycles. The quantitative estimate of drug-likeness (QED) is 0.819. The first-order valence-electron chi connectivity index (χ1n) is 5.48. The molecule has 0 saturated carbocycles. The maximum absolute atomic E-state index is 13.0. The molecule has 18 heavy (non-hydrogen) atoms. The second-order valence-corrected chi connectivity index (χ2v) is 3.96. The monoisotopic (exact) mass is 247 g/mol. The van der Waals surface area contributed by atoms with E-state index in [0.29, 0.717) is 16.9 Å². The maximum atomic E-state index is 13.0. The van der Waals surface area contributed by atoms with E-state index in [1.54, 1.807) is 31.4 Å². The predicted molar refractivity (Wildman–Crippen MR) is 67.9 cm³/mol. The van der Waals surface area contributed by atoms with E-state index in [9.17, 15) is 9.50 Å². The number of anilines is 1. The first-order chi connectivity index (χ1) is 8.61. The molecule has 0 fully saturated rings. The van der Waals surface area contributed by atoms with Crippen molar-refractivity contribution in [3.05, 3.63) is 59.4 Å². The zero-order valence-electron chi connectivity index (χ0n) is 9.93. The van der Waals surface area contributed by atoms with Crippen molar-refractivity contribution in [1.29, 1.82) is 0 Å². The van der Waals surface area contributed by atoms with Gasteiger partial charge in [-0.25, -0.2) is 4.39 Å². The van der Waals surface area contributed by atoms with Gasteiger partial charge in [0.2, 0.25) is 0 Å². The third-order valence-corrected chi connectivity index (χ3v) is 2.77. The van der Waals surface area contributed by atoms with Gasteiger partial charge in [-0.2, -0.15) is 0 Å². The number of ether oxygens (including phenoxy) is 1. The maximum Gasteiger partial charge on any atom is 0.146 e. The Morgan fingerprint density at radius 1 is 1.11 bits per heavy atom. The predicted octanol–water partition coefficient (Wildman–Crippen LogP) is 2.50. The molecule has 0 heterocycles. The van der Waals surface area contributed by atoms with Gasteiger partial charge in [0.15, 0.2) is 0 Å². The van der Waals surface area contributed by atoms with E-state index in [-0.39, 0.29) is 5.69 Å². The van der Waals surface area contributed by atoms with Crippen LogP contribution in [-0.2, 0) is 0 Å². The van der Waals surface area contributed by atoms with E-state index < -0.39 is 11.9 Å². The summed E-state index contributed by atoms with van der Waals surface area (Å²) in [6.07, 6.45) is -0.834. The van der Waals surface area contributed by atoms with Gasteiger partial charge in [0.25, 0.3) is 0 Å². The van der Waals surface area contributed by atoms with Gasteiger partial charge in [0, 0.05) is 0 Å². The molecular weight excluding hydrogens is 233 g/mol. The average Bonchev–Trinajstić information content (AvgIpc) is 2.41. The zero-order valence-corrected chi connectivity index (χ0v) is 9.93. The van der Waals surface area contributed by atoms with Crippen LogP contribution in [0, 0.1) is 5.82 Å². The molecular formula is C14H14FNO2. The molecule has 0 aliphatic heterocycles. The van der Waals surface area contributed by atoms with Gasteiger partial charge in [-0.15, -0.1) is 0 Å². The van der Waals surface area contributed by atoms with Crippen LogP contribution >= 0.6 is 0 Å². The molecule has 0 spiro atoms. The normalized spacial score (nSPS) is 12.2. The highest BCUT2D eigenvalue weighted by Gasteiger charge is 2.12. The molecule has 1 atom stereocenters. The number of methoxy groups -OCH3 is 1. The van der Waals surface area contributed by atoms with Gasteiger partial charge in [-0.1, -0.05) is 18.2 Å². The van der Waals surface area contributed by atoms with Crippen LogP contribution in [0.5, 0.6) is 5.75 Å². The summed E-state index contributed by atoms with van der Waals surface area (Å²) in [4.78, 5) is 0. The molecule has 0 aromatic heterocycles. The van der Waals surface area contributed by atoms with Crippen molar-refractivity contribution in [1.82, 2.24) is 0 Å². The van der Waals surface area contributed by atoms with Crippen molar-refractivity contribution in [2.45, 2.75) is 6.10 Å². The van der Waals surface area contributed by atoms with Crippen LogP contribution in [0.2, 0.25) is 0 Å². The Morgan fingerprint density at radius 3 is 2.28 bits per heavy atom. The number of aliphatic hydroxyl groups is 1. The molecule has 3 N–H and O–H groups in total. The molecule has 0 bridgehead atoms. The second-order valence-electron chi connectivity index (χ2n) is 3.96. The van der Waals surface area contributed by atoms with Gasteiger partial charge in [0.05, 0.1) is 12.8 Å². The van der Waals surface area contributed by atoms with Crippen LogP contribution in [0.3, 0.4) is 0 Å². The largest absolute Gasteiger partial charge is 0.497 e. The lowest BCUT2D eigenvalue weighted by atomic mass is 10.0. The molecule has 94 valence electrons. The highest BCUT2D eigenvalue weighted by atomic mass is 19.1. The van der Waals surface area contributed by atoms with Crippen molar-refractivity contribution in [2.75, 3.05) is 12.8 Å². The standard InChI is InChI=1S/C14H14FNO2/c1-18-11-5-2-9(3-6-11)14(17)10-4-7-12(15)13(16)8-10/h2-8,14,17H,16H2,1H3. The Labute approximate surface area is 105 Å². The summed E-state index contributed by atoms with van der Waals surface area (Å²) >= 11 is 0. The van der Waals surface area contributed by atoms with Gasteiger partial charge < -0.3 is 15.6 Å². The van der Waals surface area contributed by atoms with Crippen molar-refractivity contribution >= 4 is 5.69 Å². The first-order valence-corrected chi connectivity index (χ1v) is 5.48. The number of hydrogen-bond donors (Lipinski definition) is 2. The van der Waals surface area contributed by atoms with Crippen molar-refractivity contribution in [3.8, 4) is 5.75 Å². The van der Waals surface area contributed by atoms with E-state index in [1.165, 1.54) is 18.2 Å². The van der Waals surface area contributed by atoms with Gasteiger partial charge in [0.1, 0.15) is 17.7 Å². The molecule has 2 aromatic rings. The van der Waals surface area contributed by atoms with Crippen LogP contribution in [0.1, 0.15) is 17.2 Å². The lowest BCUT2D eigenvalue weighted by Gasteiger charge is -2.12. The molecule has 4 heteroatoms. The molecule has 1 unspecified atom stereocenters. The van der Waals surface area contributed by atoms with E-state index in [4.69, 9.17) is 10.5 Å². The Balaban J connectivity index is 2.28. The summed E-state index contributed by atoms with van der Waals surface area (Å²) in [5, 5.41) is 10.2. The Morgan fingerprint density at radius 2 is 1.72 bits per heavy atom. The summed E-state index contributed by atoms with van der Waals surface area (Å²) in [6.45, 7) is 0. The first kappa shape index (κ1) is 12.4. The van der Waals surface area contributed by atoms with Crippen LogP contribution in [-0.4, -0.2) is 12.2 Å². The molecule has 3 nitrogen and oxygen atoms in total. The van der Waals surface area contributed by atoms with E-state index in [1.807, 2.05) is 0 Å². The van der Waals surface area contributed by atoms with Gasteiger partial charge >= 0.3 is 0 Å². The number of aliphatic hydroxyl groups excluding tert-OH is 1. The fourth-order valence-corrected chi connectivity index (χ4v) is 1.71. The topological polar surface area (TPSA) is 55.5 Å². The molecule has 2 rings (SSSR count). The minimum atomic E-state index is -0.834. The van der Waals surface area contributed by atoms with E-state index >= 15 is 0 Å². The van der Waals surface area contributed by atoms with Crippen molar-refractivity contribution in [3.63, 3.8) is 0 Å². The zero-order chi connectivity index (χ0) is 13.1. The lowest BCUT2D eigenvalue weighted by molar-refractivity contribution is 0.220. The number of nitrogen functional groups attached to an aromatic ring is 1. The SMILES string of the molecule is COc1ccc(C(O)c2ccc(F)c(N)c2)cc1. The Kier molecular flexibility index (Phi) is 3.48. The fourth-order valence-electron chi connectivity index (χ4n) is 1.71. The number of halogens is 1. The average molecular weight is 247 g/mol. The second kappa shape index (κ2) is 5.06. The molecule has 0 amide bonds. The summed E-state index contributed by atoms with van der Waals surface area (Å²) in [6, 6.07) is 11.2. The number of benzene rings is 2. The smallest absolute Gasteiger partial charge is 0.146 e. The third-order valence-electron chi connectivity index (χ3n) is 2.77. The van der Waals surface area contributed by atoms with Gasteiger partial charge in [-0.3, -0.25) is 0 Å². The van der Waals surface area contributed by atoms with Gasteiger partial charge in [-0.05, 0) is 35.4 Å². The van der Waals surface area contributed by atoms with Crippen LogP contribution in [0.25, 0.3) is 0 Å². The summed E-state index contributed by atoms with van der Waals surface area (Å²) in [5.41, 5.74) is 6.75. The summed E-state index contributed by atoms with van der Waals surface area (Å²) in [7, 11) is 1.58. The van der Waals surface area contributed by atoms with Crippen molar-refractivity contribution in [2.24, 2.45) is 0 Å². The molecule has 2 aromatic carbocycles. The van der Waals surface area contributed by atoms with E-state index in [0.717, 1.165) is 0 Å². The number of rotatable bonds is 3. The van der Waals surface area contributed by atoms with Crippen LogP contribution in [0.15, 0.2) is 42.5 Å². The fraction of sp³-hybridized carbons (Fsp3) is 0.143. The number of hydrogen-bond acceptors (Lipinski definition) is 3. The minimum absolute atomic E-state index is 0.0278. The van der Waals surface area contributed by atoms with E-state index in [2.05, 4.69) is 0 Å². The summed E-state index contributed by atoms with van der Waals surface area (Å²) in [5.74, 6) is 0.227. The van der Waals surface area contributed by atoms with Crippen molar-refractivity contribution < 1.29 is 14.2 Å². The number of nitrogens with two attached hydrogens (primary N) is 1. The lowest BCUT2D eigenvalue weighted by Crippen LogP contribution is -2.01. The molecule has 0 radical (unpaired) electrons.